The average molecular weight is 722 g/mol. The van der Waals surface area contributed by atoms with E-state index in [2.05, 4.69) is 10.6 Å². The number of carbonyl (C=O) groups excluding carboxylic acids is 4. The van der Waals surface area contributed by atoms with Gasteiger partial charge in [0.15, 0.2) is 18.9 Å². The number of carbonyl (C=O) groups is 4. The Hall–Kier alpha value is -2.47. The summed E-state index contributed by atoms with van der Waals surface area (Å²) in [6, 6.07) is 7.64. The molecule has 0 bridgehead atoms. The summed E-state index contributed by atoms with van der Waals surface area (Å²) in [5, 5.41) is 17.5. The third-order valence-corrected chi connectivity index (χ3v) is 11.3. The molecule has 1 fully saturated rings. The molecule has 0 aliphatic carbocycles. The zero-order valence-electron chi connectivity index (χ0n) is 22.7. The molecule has 3 amide bonds. The summed E-state index contributed by atoms with van der Waals surface area (Å²) in [4.78, 5) is 52.1. The molecule has 2 atom stereocenters. The summed E-state index contributed by atoms with van der Waals surface area (Å²) in [6.45, 7) is 0.154. The number of hydrogen-bond donors (Lipinski definition) is 3. The molecule has 18 heteroatoms. The fraction of sp³-hybridized carbons (Fsp3) is 0.346. The molecule has 1 aromatic heterocycles. The van der Waals surface area contributed by atoms with Gasteiger partial charge in [-0.3, -0.25) is 23.8 Å². The number of β-lactam (4-membered cyclic amide) rings is 1. The summed E-state index contributed by atoms with van der Waals surface area (Å²) >= 11 is 16.0. The summed E-state index contributed by atoms with van der Waals surface area (Å²) in [5.41, 5.74) is 0.349. The average Bonchev–Trinajstić information content (AvgIpc) is 2.97. The van der Waals surface area contributed by atoms with Crippen LogP contribution in [0.2, 0.25) is 10.0 Å². The van der Waals surface area contributed by atoms with Crippen LogP contribution in [0.3, 0.4) is 0 Å². The number of benzene rings is 1. The van der Waals surface area contributed by atoms with E-state index in [-0.39, 0.29) is 30.3 Å². The van der Waals surface area contributed by atoms with Gasteiger partial charge in [0.05, 0.1) is 34.6 Å². The van der Waals surface area contributed by atoms with Gasteiger partial charge in [0.2, 0.25) is 11.8 Å². The van der Waals surface area contributed by atoms with Gasteiger partial charge in [-0.05, 0) is 23.8 Å². The fourth-order valence-electron chi connectivity index (χ4n) is 4.23. The lowest BCUT2D eigenvalue weighted by Gasteiger charge is -2.50. The summed E-state index contributed by atoms with van der Waals surface area (Å²) in [7, 11) is -4.14. The van der Waals surface area contributed by atoms with Gasteiger partial charge >= 0.3 is 0 Å². The second-order valence-electron chi connectivity index (χ2n) is 9.50. The standard InChI is InChI=1S/C26H26Cl2N4O8S4/c27-16-1-2-18(28)19(11-16)42-14-21(34)30-22-24(35)32-23(26(36)37)15(13-43-25(22)32)12-41-17-3-7-31(8-4-17)9-5-20(33)29-6-10-44(38,39)40/h1-4,7-8,11,22,25H,5-6,9-10,12-14H2,(H3-,29,30,33,34,36,37,38,39,40)/t22-,25-/m1/s1. The molecular weight excluding hydrogens is 695 g/mol. The van der Waals surface area contributed by atoms with E-state index in [0.717, 1.165) is 4.90 Å². The number of aliphatic carboxylic acids is 1. The van der Waals surface area contributed by atoms with Gasteiger partial charge in [0.1, 0.15) is 11.4 Å². The van der Waals surface area contributed by atoms with Crippen LogP contribution in [0.25, 0.3) is 0 Å². The molecule has 44 heavy (non-hydrogen) atoms. The summed E-state index contributed by atoms with van der Waals surface area (Å²) in [5.74, 6) is -2.68. The van der Waals surface area contributed by atoms with Crippen LogP contribution in [0.5, 0.6) is 0 Å². The molecule has 3 heterocycles. The van der Waals surface area contributed by atoms with Crippen molar-refractivity contribution in [2.75, 3.05) is 29.6 Å². The minimum atomic E-state index is -4.14. The first-order chi connectivity index (χ1) is 20.8. The van der Waals surface area contributed by atoms with Crippen LogP contribution in [0, 0.1) is 0 Å². The number of thioether (sulfide) groups is 3. The lowest BCUT2D eigenvalue weighted by Crippen LogP contribution is -2.71. The third kappa shape index (κ3) is 9.28. The normalized spacial score (nSPS) is 18.0. The molecule has 2 aliphatic rings. The topological polar surface area (TPSA) is 177 Å². The first-order valence-electron chi connectivity index (χ1n) is 12.9. The lowest BCUT2D eigenvalue weighted by atomic mass is 10.0. The third-order valence-electron chi connectivity index (χ3n) is 6.36. The van der Waals surface area contributed by atoms with Gasteiger partial charge in [-0.25, -0.2) is 4.57 Å². The van der Waals surface area contributed by atoms with Crippen LogP contribution in [-0.2, 0) is 35.8 Å². The van der Waals surface area contributed by atoms with Crippen molar-refractivity contribution >= 4 is 92.3 Å². The largest absolute Gasteiger partial charge is 0.543 e. The van der Waals surface area contributed by atoms with E-state index >= 15 is 0 Å². The van der Waals surface area contributed by atoms with E-state index in [1.165, 1.54) is 40.2 Å². The van der Waals surface area contributed by atoms with Crippen molar-refractivity contribution in [3.8, 4) is 0 Å². The second-order valence-corrected chi connectivity index (χ2v) is 15.1. The van der Waals surface area contributed by atoms with E-state index in [9.17, 15) is 32.7 Å². The Morgan fingerprint density at radius 2 is 1.86 bits per heavy atom. The molecule has 2 aromatic rings. The molecular formula is C26H26Cl2N4O8S4. The zero-order valence-corrected chi connectivity index (χ0v) is 27.5. The number of aryl methyl sites for hydroxylation is 1. The van der Waals surface area contributed by atoms with Crippen molar-refractivity contribution in [3.63, 3.8) is 0 Å². The number of nitrogens with zero attached hydrogens (tertiary/aromatic N) is 2. The first kappa shape index (κ1) is 34.4. The van der Waals surface area contributed by atoms with Crippen molar-refractivity contribution in [1.82, 2.24) is 15.5 Å². The Kier molecular flexibility index (Phi) is 11.9. The molecule has 0 spiro atoms. The number of halogens is 2. The molecule has 1 aromatic carbocycles. The van der Waals surface area contributed by atoms with Crippen LogP contribution in [0.1, 0.15) is 6.42 Å². The minimum Gasteiger partial charge on any atom is -0.543 e. The van der Waals surface area contributed by atoms with Gasteiger partial charge in [0, 0.05) is 45.0 Å². The monoisotopic (exact) mass is 720 g/mol. The Balaban J connectivity index is 1.28. The van der Waals surface area contributed by atoms with E-state index in [4.69, 9.17) is 27.8 Å². The van der Waals surface area contributed by atoms with Crippen molar-refractivity contribution in [3.05, 3.63) is 64.0 Å². The van der Waals surface area contributed by atoms with E-state index in [1.807, 2.05) is 0 Å². The highest BCUT2D eigenvalue weighted by Crippen LogP contribution is 2.41. The number of carboxylic acid groups (broad SMARTS) is 1. The number of fused-ring (bicyclic) bond motifs is 1. The highest BCUT2D eigenvalue weighted by atomic mass is 35.5. The summed E-state index contributed by atoms with van der Waals surface area (Å²) in [6.07, 6.45) is 3.60. The highest BCUT2D eigenvalue weighted by molar-refractivity contribution is 8.01. The number of pyridine rings is 1. The van der Waals surface area contributed by atoms with Gasteiger partial charge in [-0.2, -0.15) is 8.42 Å². The molecule has 0 unspecified atom stereocenters. The number of carboxylic acids is 1. The van der Waals surface area contributed by atoms with Crippen molar-refractivity contribution in [2.45, 2.75) is 34.2 Å². The molecule has 0 radical (unpaired) electrons. The Labute approximate surface area is 276 Å². The molecule has 0 saturated carbocycles. The molecule has 4 rings (SSSR count). The molecule has 12 nitrogen and oxygen atoms in total. The predicted octanol–water partition coefficient (Wildman–Crippen LogP) is 0.963. The number of amides is 3. The Morgan fingerprint density at radius 3 is 2.55 bits per heavy atom. The minimum absolute atomic E-state index is 0.00632. The zero-order chi connectivity index (χ0) is 32.0. The molecule has 236 valence electrons. The maximum absolute atomic E-state index is 12.9. The summed E-state index contributed by atoms with van der Waals surface area (Å²) < 4.78 is 31.9. The number of rotatable bonds is 14. The van der Waals surface area contributed by atoms with E-state index < -0.39 is 45.1 Å². The first-order valence-corrected chi connectivity index (χ1v) is 18.3. The van der Waals surface area contributed by atoms with Crippen molar-refractivity contribution < 1.29 is 41.8 Å². The number of aromatic nitrogens is 1. The Morgan fingerprint density at radius 1 is 1.14 bits per heavy atom. The van der Waals surface area contributed by atoms with E-state index in [0.29, 0.717) is 38.6 Å². The van der Waals surface area contributed by atoms with Gasteiger partial charge in [0.25, 0.3) is 16.0 Å². The van der Waals surface area contributed by atoms with Crippen LogP contribution in [-0.4, -0.2) is 82.5 Å². The van der Waals surface area contributed by atoms with Gasteiger partial charge in [-0.15, -0.1) is 35.3 Å². The molecule has 2 aliphatic heterocycles. The second kappa shape index (κ2) is 15.2. The molecule has 1 saturated heterocycles. The quantitative estimate of drug-likeness (QED) is 0.110. The Bertz CT molecular complexity index is 1590. The van der Waals surface area contributed by atoms with Crippen molar-refractivity contribution in [2.24, 2.45) is 0 Å². The van der Waals surface area contributed by atoms with Gasteiger partial charge in [-0.1, -0.05) is 23.2 Å². The maximum atomic E-state index is 12.9. The lowest BCUT2D eigenvalue weighted by molar-refractivity contribution is -0.696. The van der Waals surface area contributed by atoms with Crippen molar-refractivity contribution in [1.29, 1.82) is 0 Å². The predicted molar refractivity (Wildman–Crippen MR) is 166 cm³/mol. The van der Waals surface area contributed by atoms with Gasteiger partial charge < -0.3 is 20.5 Å². The van der Waals surface area contributed by atoms with E-state index in [1.54, 1.807) is 47.3 Å². The smallest absolute Gasteiger partial charge is 0.266 e. The van der Waals surface area contributed by atoms with Crippen LogP contribution in [0.15, 0.2) is 63.8 Å². The maximum Gasteiger partial charge on any atom is 0.266 e. The number of hydrogen-bond acceptors (Lipinski definition) is 10. The van der Waals surface area contributed by atoms with Crippen LogP contribution >= 0.6 is 58.5 Å². The highest BCUT2D eigenvalue weighted by Gasteiger charge is 2.52. The van der Waals surface area contributed by atoms with Crippen LogP contribution < -0.4 is 20.3 Å². The molecule has 3 N–H and O–H groups in total. The fourth-order valence-corrected chi connectivity index (χ4v) is 8.26. The SMILES string of the molecule is O=C(CC[n+]1ccc(SCC2=C(C(=O)[O-])N3C(=O)[C@@H](NC(=O)CSc4cc(Cl)ccc4Cl)[C@H]3SC2)cc1)NCCS(=O)(=O)O. The number of nitrogens with one attached hydrogen (secondary N) is 2. The van der Waals surface area contributed by atoms with Crippen LogP contribution in [0.4, 0.5) is 0 Å².